The smallest absolute Gasteiger partial charge is 0.308 e. The van der Waals surface area contributed by atoms with E-state index in [2.05, 4.69) is 31.3 Å². The molecule has 14 N–H and O–H groups in total. The summed E-state index contributed by atoms with van der Waals surface area (Å²) in [7, 11) is 0. The molecule has 274 valence electrons. The molecular weight excluding hydrogens is 620 g/mol. The second kappa shape index (κ2) is 18.2. The molecule has 48 heavy (non-hydrogen) atoms. The van der Waals surface area contributed by atoms with Gasteiger partial charge in [0.2, 0.25) is 11.8 Å². The molecule has 0 saturated heterocycles. The fourth-order valence-electron chi connectivity index (χ4n) is 8.44. The Kier molecular flexibility index (Phi) is 15.4. The van der Waals surface area contributed by atoms with E-state index < -0.39 is 78.0 Å². The van der Waals surface area contributed by atoms with Gasteiger partial charge in [0.1, 0.15) is 0 Å². The van der Waals surface area contributed by atoms with Crippen LogP contribution in [0.5, 0.6) is 0 Å². The number of carboxylic acid groups (broad SMARTS) is 2. The number of hydrogen-bond donors (Lipinski definition) is 10. The highest BCUT2D eigenvalue weighted by atomic mass is 16.4. The third-order valence-corrected chi connectivity index (χ3v) is 10.4. The Morgan fingerprint density at radius 2 is 0.979 bits per heavy atom. The monoisotopic (exact) mass is 680 g/mol. The summed E-state index contributed by atoms with van der Waals surface area (Å²) in [6.07, 6.45) is 2.53. The molecule has 0 radical (unpaired) electrons. The van der Waals surface area contributed by atoms with E-state index in [9.17, 15) is 29.4 Å². The summed E-state index contributed by atoms with van der Waals surface area (Å²) in [6, 6.07) is -3.52. The van der Waals surface area contributed by atoms with E-state index in [1.54, 1.807) is 6.92 Å². The summed E-state index contributed by atoms with van der Waals surface area (Å²) < 4.78 is 0. The lowest BCUT2D eigenvalue weighted by molar-refractivity contribution is -0.143. The van der Waals surface area contributed by atoms with Crippen molar-refractivity contribution in [2.75, 3.05) is 0 Å². The Hall–Kier alpha value is -3.66. The molecule has 2 aliphatic rings. The maximum Gasteiger partial charge on any atom is 0.308 e. The molecule has 2 saturated carbocycles. The van der Waals surface area contributed by atoms with Crippen LogP contribution < -0.4 is 44.2 Å². The van der Waals surface area contributed by atoms with Crippen molar-refractivity contribution in [1.29, 1.82) is 0 Å². The highest BCUT2D eigenvalue weighted by Crippen LogP contribution is 2.42. The fourth-order valence-corrected chi connectivity index (χ4v) is 8.44. The standard InChI is InChI=1S/C32H60N10O6/c1-8-17(9-2)25(39-15(6)43)23-21(41-31(33)34)12-19(29(45)46)27(23)37-14(5)38-28-20(30(47)48)13-22(42-32(35)36)24(28)26(40-16(7)44)18(10-3)11-4/h14,17-28,37-38H,8-13H2,1-7H3,(H,39,43)(H,40,44)(H,45,46)(H,47,48)(H4,33,34,41)(H4,35,36,42)/t19-,20-,21+,22+,23+,24+,25+,26+,27+,28+/m0/s1. The van der Waals surface area contributed by atoms with Crippen LogP contribution in [0, 0.1) is 35.5 Å². The molecule has 2 aliphatic carbocycles. The normalized spacial score (nSPS) is 28.8. The van der Waals surface area contributed by atoms with Gasteiger partial charge in [-0.05, 0) is 31.6 Å². The van der Waals surface area contributed by atoms with Gasteiger partial charge in [0.15, 0.2) is 11.9 Å². The Balaban J connectivity index is 2.65. The van der Waals surface area contributed by atoms with Crippen LogP contribution in [0.4, 0.5) is 0 Å². The van der Waals surface area contributed by atoms with Crippen molar-refractivity contribution < 1.29 is 29.4 Å². The lowest BCUT2D eigenvalue weighted by Crippen LogP contribution is -2.61. The molecule has 2 amide bonds. The Morgan fingerprint density at radius 1 is 0.667 bits per heavy atom. The molecular formula is C32H60N10O6. The number of guanidine groups is 2. The van der Waals surface area contributed by atoms with Gasteiger partial charge in [-0.1, -0.05) is 53.4 Å². The Labute approximate surface area is 284 Å². The van der Waals surface area contributed by atoms with Gasteiger partial charge < -0.3 is 43.8 Å². The van der Waals surface area contributed by atoms with Gasteiger partial charge in [-0.25, -0.2) is 9.98 Å². The average molecular weight is 681 g/mol. The highest BCUT2D eigenvalue weighted by Gasteiger charge is 2.54. The fraction of sp³-hybridized carbons (Fsp3) is 0.812. The van der Waals surface area contributed by atoms with Crippen LogP contribution in [0.3, 0.4) is 0 Å². The third-order valence-electron chi connectivity index (χ3n) is 10.4. The number of nitrogens with zero attached hydrogens (tertiary/aromatic N) is 2. The molecule has 0 aromatic carbocycles. The summed E-state index contributed by atoms with van der Waals surface area (Å²) in [4.78, 5) is 59.3. The Morgan fingerprint density at radius 3 is 1.21 bits per heavy atom. The first-order valence-corrected chi connectivity index (χ1v) is 17.2. The number of nitrogens with two attached hydrogens (primary N) is 4. The van der Waals surface area contributed by atoms with Crippen LogP contribution in [0.2, 0.25) is 0 Å². The molecule has 0 aromatic rings. The molecule has 0 bridgehead atoms. The minimum absolute atomic E-state index is 0.00471. The van der Waals surface area contributed by atoms with Gasteiger partial charge in [0, 0.05) is 49.9 Å². The second-order valence-electron chi connectivity index (χ2n) is 13.5. The zero-order valence-electron chi connectivity index (χ0n) is 29.5. The van der Waals surface area contributed by atoms with Crippen molar-refractivity contribution in [2.45, 2.75) is 129 Å². The number of aliphatic carboxylic acids is 2. The summed E-state index contributed by atoms with van der Waals surface area (Å²) in [5.41, 5.74) is 23.3. The number of carboxylic acids is 2. The molecule has 16 nitrogen and oxygen atoms in total. The van der Waals surface area contributed by atoms with Crippen molar-refractivity contribution in [3.8, 4) is 0 Å². The summed E-state index contributed by atoms with van der Waals surface area (Å²) in [6.45, 7) is 12.7. The van der Waals surface area contributed by atoms with Crippen molar-refractivity contribution >= 4 is 35.7 Å². The first kappa shape index (κ1) is 40.5. The maximum absolute atomic E-state index is 12.7. The van der Waals surface area contributed by atoms with Gasteiger partial charge in [0.25, 0.3) is 0 Å². The van der Waals surface area contributed by atoms with Crippen molar-refractivity contribution in [2.24, 2.45) is 68.4 Å². The minimum Gasteiger partial charge on any atom is -0.481 e. The molecule has 2 rings (SSSR count). The number of hydrogen-bond acceptors (Lipinski definition) is 8. The van der Waals surface area contributed by atoms with E-state index in [1.165, 1.54) is 13.8 Å². The topological polar surface area (TPSA) is 286 Å². The molecule has 16 heteroatoms. The summed E-state index contributed by atoms with van der Waals surface area (Å²) in [5, 5.41) is 33.9. The van der Waals surface area contributed by atoms with Gasteiger partial charge in [-0.2, -0.15) is 0 Å². The summed E-state index contributed by atoms with van der Waals surface area (Å²) in [5.74, 6) is -5.80. The minimum atomic E-state index is -1.04. The van der Waals surface area contributed by atoms with Crippen molar-refractivity contribution in [3.05, 3.63) is 0 Å². The second-order valence-corrected chi connectivity index (χ2v) is 13.5. The number of aliphatic imine (C=N–C) groups is 2. The Bertz CT molecular complexity index is 1080. The third kappa shape index (κ3) is 10.2. The zero-order valence-corrected chi connectivity index (χ0v) is 29.5. The molecule has 0 unspecified atom stereocenters. The van der Waals surface area contributed by atoms with E-state index >= 15 is 0 Å². The van der Waals surface area contributed by atoms with E-state index in [4.69, 9.17) is 22.9 Å². The van der Waals surface area contributed by atoms with Crippen molar-refractivity contribution in [3.63, 3.8) is 0 Å². The first-order valence-electron chi connectivity index (χ1n) is 17.2. The number of nitrogens with one attached hydrogen (secondary N) is 4. The van der Waals surface area contributed by atoms with E-state index in [0.717, 1.165) is 25.7 Å². The predicted molar refractivity (Wildman–Crippen MR) is 184 cm³/mol. The molecule has 2 fully saturated rings. The molecule has 0 aromatic heterocycles. The number of carbonyl (C=O) groups excluding carboxylic acids is 2. The van der Waals surface area contributed by atoms with E-state index in [1.807, 2.05) is 27.7 Å². The van der Waals surface area contributed by atoms with Gasteiger partial charge in [-0.15, -0.1) is 0 Å². The molecule has 0 aliphatic heterocycles. The first-order chi connectivity index (χ1) is 22.5. The van der Waals surface area contributed by atoms with Crippen LogP contribution >= 0.6 is 0 Å². The van der Waals surface area contributed by atoms with Gasteiger partial charge >= 0.3 is 11.9 Å². The quantitative estimate of drug-likeness (QED) is 0.0514. The SMILES string of the molecule is CCC(CC)[C@@H](NC(C)=O)[C@@H]1[C@H](NC(C)N[C@H]2[C@@H]([C@H](NC(C)=O)C(CC)CC)[C@H](N=C(N)N)C[C@@H]2C(=O)O)[C@@H](C(=O)O)C[C@H]1N=C(N)N. The molecule has 0 heterocycles. The predicted octanol–water partition coefficient (Wildman–Crippen LogP) is -0.144. The number of carbonyl (C=O) groups is 4. The van der Waals surface area contributed by atoms with Crippen LogP contribution in [0.15, 0.2) is 9.98 Å². The maximum atomic E-state index is 12.7. The average Bonchev–Trinajstić information content (AvgIpc) is 3.49. The number of rotatable bonds is 18. The zero-order chi connectivity index (χ0) is 36.5. The number of amides is 2. The van der Waals surface area contributed by atoms with Crippen LogP contribution in [-0.2, 0) is 19.2 Å². The highest BCUT2D eigenvalue weighted by molar-refractivity contribution is 5.78. The van der Waals surface area contributed by atoms with E-state index in [-0.39, 0.29) is 48.4 Å². The van der Waals surface area contributed by atoms with Crippen LogP contribution in [0.25, 0.3) is 0 Å². The van der Waals surface area contributed by atoms with Crippen LogP contribution in [0.1, 0.15) is 87.0 Å². The largest absolute Gasteiger partial charge is 0.481 e. The lowest BCUT2D eigenvalue weighted by Gasteiger charge is -2.41. The molecule has 10 atom stereocenters. The lowest BCUT2D eigenvalue weighted by atomic mass is 9.79. The van der Waals surface area contributed by atoms with Crippen molar-refractivity contribution in [1.82, 2.24) is 21.3 Å². The van der Waals surface area contributed by atoms with Gasteiger partial charge in [-0.3, -0.25) is 29.8 Å². The summed E-state index contributed by atoms with van der Waals surface area (Å²) >= 11 is 0. The van der Waals surface area contributed by atoms with Gasteiger partial charge in [0.05, 0.1) is 30.1 Å². The molecule has 0 spiro atoms. The van der Waals surface area contributed by atoms with Crippen LogP contribution in [-0.4, -0.2) is 88.3 Å². The van der Waals surface area contributed by atoms with E-state index in [0.29, 0.717) is 0 Å².